The first-order valence-electron chi connectivity index (χ1n) is 7.15. The van der Waals surface area contributed by atoms with Crippen LogP contribution in [0.15, 0.2) is 53.4 Å². The molecule has 0 saturated heterocycles. The average Bonchev–Trinajstić information content (AvgIpc) is 2.52. The molecule has 0 saturated carbocycles. The third kappa shape index (κ3) is 4.64. The third-order valence-corrected chi connectivity index (χ3v) is 4.08. The van der Waals surface area contributed by atoms with Crippen LogP contribution in [0.5, 0.6) is 5.75 Å². The second kappa shape index (κ2) is 7.89. The van der Waals surface area contributed by atoms with Gasteiger partial charge in [-0.25, -0.2) is 0 Å². The van der Waals surface area contributed by atoms with Crippen molar-refractivity contribution in [3.63, 3.8) is 0 Å². The topological polar surface area (TPSA) is 26.3 Å². The molecule has 0 aliphatic carbocycles. The summed E-state index contributed by atoms with van der Waals surface area (Å²) >= 11 is 1.57. The van der Waals surface area contributed by atoms with Crippen LogP contribution in [-0.4, -0.2) is 18.1 Å². The maximum atomic E-state index is 12.2. The number of carbonyl (C=O) groups excluding carboxylic acids is 1. The molecule has 2 rings (SSSR count). The molecule has 0 heterocycles. The van der Waals surface area contributed by atoms with E-state index in [1.54, 1.807) is 11.8 Å². The number of benzene rings is 2. The summed E-state index contributed by atoms with van der Waals surface area (Å²) < 4.78 is 5.63. The fraction of sp³-hybridized carbons (Fsp3) is 0.278. The molecule has 0 aliphatic heterocycles. The van der Waals surface area contributed by atoms with Crippen molar-refractivity contribution in [1.29, 1.82) is 0 Å². The van der Waals surface area contributed by atoms with E-state index in [0.29, 0.717) is 12.4 Å². The molecule has 0 atom stereocenters. The molecule has 3 heteroatoms. The van der Waals surface area contributed by atoms with Crippen molar-refractivity contribution in [2.24, 2.45) is 0 Å². The number of hydrogen-bond donors (Lipinski definition) is 0. The molecule has 0 aliphatic rings. The van der Waals surface area contributed by atoms with Crippen molar-refractivity contribution < 1.29 is 9.53 Å². The van der Waals surface area contributed by atoms with Crippen LogP contribution in [0.25, 0.3) is 0 Å². The molecule has 110 valence electrons. The van der Waals surface area contributed by atoms with Crippen molar-refractivity contribution in [2.45, 2.75) is 25.2 Å². The first kappa shape index (κ1) is 15.6. The van der Waals surface area contributed by atoms with E-state index < -0.39 is 0 Å². The molecule has 0 amide bonds. The standard InChI is InChI=1S/C18H20O2S/c1-3-11-20-18-10-9-15(12-14(18)2)17(19)13-21-16-7-5-4-6-8-16/h4-10,12H,3,11,13H2,1-2H3. The van der Waals surface area contributed by atoms with E-state index in [1.807, 2.05) is 55.5 Å². The molecule has 0 fully saturated rings. The van der Waals surface area contributed by atoms with Crippen molar-refractivity contribution in [2.75, 3.05) is 12.4 Å². The Kier molecular flexibility index (Phi) is 5.88. The quantitative estimate of drug-likeness (QED) is 0.545. The first-order chi connectivity index (χ1) is 10.2. The molecule has 2 nitrogen and oxygen atoms in total. The number of ether oxygens (including phenoxy) is 1. The van der Waals surface area contributed by atoms with Gasteiger partial charge in [-0.1, -0.05) is 25.1 Å². The van der Waals surface area contributed by atoms with Gasteiger partial charge in [0.05, 0.1) is 12.4 Å². The lowest BCUT2D eigenvalue weighted by Gasteiger charge is -2.09. The van der Waals surface area contributed by atoms with Crippen LogP contribution < -0.4 is 4.74 Å². The van der Waals surface area contributed by atoms with Crippen LogP contribution in [0.1, 0.15) is 29.3 Å². The number of thioether (sulfide) groups is 1. The van der Waals surface area contributed by atoms with E-state index in [9.17, 15) is 4.79 Å². The Labute approximate surface area is 130 Å². The lowest BCUT2D eigenvalue weighted by atomic mass is 10.1. The van der Waals surface area contributed by atoms with Gasteiger partial charge < -0.3 is 4.74 Å². The highest BCUT2D eigenvalue weighted by Crippen LogP contribution is 2.22. The molecular weight excluding hydrogens is 280 g/mol. The maximum absolute atomic E-state index is 12.2. The highest BCUT2D eigenvalue weighted by atomic mass is 32.2. The van der Waals surface area contributed by atoms with Gasteiger partial charge in [0.1, 0.15) is 5.75 Å². The monoisotopic (exact) mass is 300 g/mol. The number of aryl methyl sites for hydroxylation is 1. The third-order valence-electron chi connectivity index (χ3n) is 3.07. The first-order valence-corrected chi connectivity index (χ1v) is 8.13. The van der Waals surface area contributed by atoms with Crippen molar-refractivity contribution in [3.8, 4) is 5.75 Å². The maximum Gasteiger partial charge on any atom is 0.173 e. The lowest BCUT2D eigenvalue weighted by molar-refractivity contribution is 0.102. The normalized spacial score (nSPS) is 10.4. The second-order valence-corrected chi connectivity index (χ2v) is 5.90. The predicted octanol–water partition coefficient (Wildman–Crippen LogP) is 4.76. The van der Waals surface area contributed by atoms with Gasteiger partial charge in [-0.2, -0.15) is 0 Å². The summed E-state index contributed by atoms with van der Waals surface area (Å²) in [6.45, 7) is 4.76. The van der Waals surface area contributed by atoms with Gasteiger partial charge in [-0.15, -0.1) is 11.8 Å². The molecule has 2 aromatic rings. The summed E-state index contributed by atoms with van der Waals surface area (Å²) in [6.07, 6.45) is 0.980. The Morgan fingerprint density at radius 3 is 2.57 bits per heavy atom. The number of Topliss-reactive ketones (excluding diaryl/α,β-unsaturated/α-hetero) is 1. The van der Waals surface area contributed by atoms with Gasteiger partial charge in [0.25, 0.3) is 0 Å². The van der Waals surface area contributed by atoms with Gasteiger partial charge in [0, 0.05) is 10.5 Å². The molecule has 0 bridgehead atoms. The second-order valence-electron chi connectivity index (χ2n) is 4.85. The molecule has 21 heavy (non-hydrogen) atoms. The van der Waals surface area contributed by atoms with Gasteiger partial charge in [-0.05, 0) is 49.2 Å². The van der Waals surface area contributed by atoms with E-state index in [4.69, 9.17) is 4.74 Å². The largest absolute Gasteiger partial charge is 0.493 e. The SMILES string of the molecule is CCCOc1ccc(C(=O)CSc2ccccc2)cc1C. The minimum absolute atomic E-state index is 0.147. The summed E-state index contributed by atoms with van der Waals surface area (Å²) in [5, 5.41) is 0. The highest BCUT2D eigenvalue weighted by Gasteiger charge is 2.09. The van der Waals surface area contributed by atoms with E-state index in [0.717, 1.165) is 28.2 Å². The fourth-order valence-corrected chi connectivity index (χ4v) is 2.76. The summed E-state index contributed by atoms with van der Waals surface area (Å²) in [4.78, 5) is 13.4. The predicted molar refractivity (Wildman–Crippen MR) is 88.5 cm³/mol. The van der Waals surface area contributed by atoms with Crippen LogP contribution in [-0.2, 0) is 0 Å². The van der Waals surface area contributed by atoms with Crippen LogP contribution in [0, 0.1) is 6.92 Å². The van der Waals surface area contributed by atoms with Gasteiger partial charge in [0.15, 0.2) is 5.78 Å². The van der Waals surface area contributed by atoms with Crippen molar-refractivity contribution in [1.82, 2.24) is 0 Å². The van der Waals surface area contributed by atoms with Crippen molar-refractivity contribution >= 4 is 17.5 Å². The van der Waals surface area contributed by atoms with E-state index in [1.165, 1.54) is 0 Å². The van der Waals surface area contributed by atoms with Gasteiger partial charge >= 0.3 is 0 Å². The lowest BCUT2D eigenvalue weighted by Crippen LogP contribution is -2.04. The molecular formula is C18H20O2S. The Hall–Kier alpha value is -1.74. The Balaban J connectivity index is 1.98. The number of hydrogen-bond acceptors (Lipinski definition) is 3. The molecule has 0 aromatic heterocycles. The highest BCUT2D eigenvalue weighted by molar-refractivity contribution is 8.00. The number of rotatable bonds is 7. The number of ketones is 1. The summed E-state index contributed by atoms with van der Waals surface area (Å²) in [6, 6.07) is 15.6. The molecule has 0 N–H and O–H groups in total. The molecule has 0 radical (unpaired) electrons. The van der Waals surface area contributed by atoms with E-state index in [2.05, 4.69) is 6.92 Å². The van der Waals surface area contributed by atoms with Gasteiger partial charge in [0.2, 0.25) is 0 Å². The number of carbonyl (C=O) groups is 1. The Morgan fingerprint density at radius 1 is 1.14 bits per heavy atom. The zero-order valence-electron chi connectivity index (χ0n) is 12.5. The van der Waals surface area contributed by atoms with Crippen LogP contribution >= 0.6 is 11.8 Å². The fourth-order valence-electron chi connectivity index (χ4n) is 1.95. The molecule has 0 unspecified atom stereocenters. The Bertz CT molecular complexity index is 593. The summed E-state index contributed by atoms with van der Waals surface area (Å²) in [5.74, 6) is 1.47. The zero-order valence-corrected chi connectivity index (χ0v) is 13.3. The summed E-state index contributed by atoms with van der Waals surface area (Å²) in [5.41, 5.74) is 1.76. The van der Waals surface area contributed by atoms with Crippen LogP contribution in [0.4, 0.5) is 0 Å². The summed E-state index contributed by atoms with van der Waals surface area (Å²) in [7, 11) is 0. The smallest absolute Gasteiger partial charge is 0.173 e. The van der Waals surface area contributed by atoms with E-state index >= 15 is 0 Å². The van der Waals surface area contributed by atoms with E-state index in [-0.39, 0.29) is 5.78 Å². The zero-order chi connectivity index (χ0) is 15.1. The van der Waals surface area contributed by atoms with Crippen molar-refractivity contribution in [3.05, 3.63) is 59.7 Å². The van der Waals surface area contributed by atoms with Crippen LogP contribution in [0.2, 0.25) is 0 Å². The van der Waals surface area contributed by atoms with Crippen LogP contribution in [0.3, 0.4) is 0 Å². The molecule has 2 aromatic carbocycles. The minimum atomic E-state index is 0.147. The molecule has 0 spiro atoms. The van der Waals surface area contributed by atoms with Gasteiger partial charge in [-0.3, -0.25) is 4.79 Å². The average molecular weight is 300 g/mol. The Morgan fingerprint density at radius 2 is 1.90 bits per heavy atom. The minimum Gasteiger partial charge on any atom is -0.493 e.